The largest absolute Gasteiger partial charge is 0.384 e. The molecule has 1 unspecified atom stereocenters. The molecule has 2 heterocycles. The third kappa shape index (κ3) is 5.23. The molecule has 0 saturated carbocycles. The lowest BCUT2D eigenvalue weighted by atomic mass is 10.00. The van der Waals surface area contributed by atoms with Gasteiger partial charge in [0.15, 0.2) is 5.78 Å². The molecule has 1 aliphatic rings. The summed E-state index contributed by atoms with van der Waals surface area (Å²) in [5.41, 5.74) is 4.77. The maximum atomic E-state index is 13.0. The number of H-pyrrole nitrogens is 1. The first-order valence-corrected chi connectivity index (χ1v) is 11.1. The highest BCUT2D eigenvalue weighted by Gasteiger charge is 2.31. The van der Waals surface area contributed by atoms with E-state index in [4.69, 9.17) is 28.9 Å². The van der Waals surface area contributed by atoms with E-state index in [1.807, 2.05) is 6.92 Å². The lowest BCUT2D eigenvalue weighted by Gasteiger charge is -2.34. The maximum absolute atomic E-state index is 13.0. The Hall–Kier alpha value is -2.62. The van der Waals surface area contributed by atoms with Gasteiger partial charge in [0.1, 0.15) is 11.4 Å². The Labute approximate surface area is 194 Å². The highest BCUT2D eigenvalue weighted by atomic mass is 35.5. The molecule has 1 aliphatic heterocycles. The Morgan fingerprint density at radius 2 is 1.97 bits per heavy atom. The number of benzene rings is 1. The van der Waals surface area contributed by atoms with Gasteiger partial charge in [-0.05, 0) is 44.0 Å². The number of halogens is 2. The van der Waals surface area contributed by atoms with Gasteiger partial charge in [0.2, 0.25) is 5.91 Å². The standard InChI is InChI=1S/C21H25Cl2N5O4/c1-2-8-28-18(24)17(20(31)26-21(28)32)16(29)11-27-9-4-3-5-15(27)19(30)25-12-6-7-13(22)14(23)10-12/h6-7,10,15H,2-5,8-9,11,24H2,1H3,(H,25,30)(H,26,31,32). The Kier molecular flexibility index (Phi) is 7.76. The van der Waals surface area contributed by atoms with Crippen molar-refractivity contribution in [3.8, 4) is 0 Å². The van der Waals surface area contributed by atoms with E-state index in [0.717, 1.165) is 12.8 Å². The van der Waals surface area contributed by atoms with Gasteiger partial charge in [0, 0.05) is 12.2 Å². The number of nitrogen functional groups attached to an aromatic ring is 1. The van der Waals surface area contributed by atoms with Crippen LogP contribution < -0.4 is 22.3 Å². The van der Waals surface area contributed by atoms with Gasteiger partial charge in [-0.15, -0.1) is 0 Å². The van der Waals surface area contributed by atoms with Crippen LogP contribution in [0.3, 0.4) is 0 Å². The fourth-order valence-corrected chi connectivity index (χ4v) is 4.14. The van der Waals surface area contributed by atoms with Crippen LogP contribution in [0.4, 0.5) is 11.5 Å². The Morgan fingerprint density at radius 1 is 1.22 bits per heavy atom. The van der Waals surface area contributed by atoms with E-state index < -0.39 is 23.1 Å². The van der Waals surface area contributed by atoms with E-state index in [0.29, 0.717) is 35.1 Å². The molecule has 1 fully saturated rings. The number of anilines is 2. The van der Waals surface area contributed by atoms with Gasteiger partial charge in [-0.2, -0.15) is 0 Å². The molecule has 2 aromatic rings. The van der Waals surface area contributed by atoms with E-state index >= 15 is 0 Å². The van der Waals surface area contributed by atoms with Crippen molar-refractivity contribution < 1.29 is 9.59 Å². The molecular formula is C21H25Cl2N5O4. The lowest BCUT2D eigenvalue weighted by Crippen LogP contribution is -2.49. The molecule has 172 valence electrons. The number of nitrogens with two attached hydrogens (primary N) is 1. The second-order valence-corrected chi connectivity index (χ2v) is 8.51. The molecule has 1 aromatic heterocycles. The number of nitrogens with zero attached hydrogens (tertiary/aromatic N) is 2. The van der Waals surface area contributed by atoms with Crippen LogP contribution in [0.15, 0.2) is 27.8 Å². The zero-order chi connectivity index (χ0) is 23.4. The summed E-state index contributed by atoms with van der Waals surface area (Å²) < 4.78 is 1.18. The fraction of sp³-hybridized carbons (Fsp3) is 0.429. The van der Waals surface area contributed by atoms with Crippen molar-refractivity contribution in [1.82, 2.24) is 14.5 Å². The van der Waals surface area contributed by atoms with Gasteiger partial charge in [-0.3, -0.25) is 28.8 Å². The van der Waals surface area contributed by atoms with E-state index in [1.54, 1.807) is 23.1 Å². The molecule has 11 heteroatoms. The second-order valence-electron chi connectivity index (χ2n) is 7.69. The summed E-state index contributed by atoms with van der Waals surface area (Å²) in [5, 5.41) is 3.50. The van der Waals surface area contributed by atoms with Crippen LogP contribution in [0, 0.1) is 0 Å². The summed E-state index contributed by atoms with van der Waals surface area (Å²) in [5.74, 6) is -0.976. The molecular weight excluding hydrogens is 457 g/mol. The number of piperidine rings is 1. The van der Waals surface area contributed by atoms with Crippen molar-refractivity contribution in [3.05, 3.63) is 54.6 Å². The highest BCUT2D eigenvalue weighted by molar-refractivity contribution is 6.42. The van der Waals surface area contributed by atoms with Crippen molar-refractivity contribution in [2.24, 2.45) is 0 Å². The minimum absolute atomic E-state index is 0.153. The Balaban J connectivity index is 1.80. The van der Waals surface area contributed by atoms with Crippen LogP contribution >= 0.6 is 23.2 Å². The molecule has 9 nitrogen and oxygen atoms in total. The highest BCUT2D eigenvalue weighted by Crippen LogP contribution is 2.26. The number of Topliss-reactive ketones (excluding diaryl/α,β-unsaturated/α-hetero) is 1. The van der Waals surface area contributed by atoms with Gasteiger partial charge in [0.05, 0.1) is 22.6 Å². The first kappa shape index (κ1) is 24.0. The van der Waals surface area contributed by atoms with Crippen LogP contribution in [0.5, 0.6) is 0 Å². The second kappa shape index (κ2) is 10.3. The SMILES string of the molecule is CCCn1c(N)c(C(=O)CN2CCCCC2C(=O)Nc2ccc(Cl)c(Cl)c2)c(=O)[nH]c1=O. The number of aromatic nitrogens is 2. The number of aromatic amines is 1. The van der Waals surface area contributed by atoms with E-state index in [2.05, 4.69) is 10.3 Å². The molecule has 1 saturated heterocycles. The smallest absolute Gasteiger partial charge is 0.329 e. The molecule has 0 bridgehead atoms. The predicted molar refractivity (Wildman–Crippen MR) is 125 cm³/mol. The first-order valence-electron chi connectivity index (χ1n) is 10.4. The third-order valence-electron chi connectivity index (χ3n) is 5.42. The molecule has 3 rings (SSSR count). The van der Waals surface area contributed by atoms with Crippen LogP contribution in [0.1, 0.15) is 43.0 Å². The minimum Gasteiger partial charge on any atom is -0.384 e. The number of carbonyl (C=O) groups is 2. The van der Waals surface area contributed by atoms with Crippen LogP contribution in [-0.4, -0.2) is 45.3 Å². The van der Waals surface area contributed by atoms with Crippen LogP contribution in [0.25, 0.3) is 0 Å². The molecule has 0 aliphatic carbocycles. The number of rotatable bonds is 7. The van der Waals surface area contributed by atoms with Crippen LogP contribution in [0.2, 0.25) is 10.0 Å². The van der Waals surface area contributed by atoms with Gasteiger partial charge in [0.25, 0.3) is 5.56 Å². The van der Waals surface area contributed by atoms with Gasteiger partial charge in [-0.1, -0.05) is 36.5 Å². The summed E-state index contributed by atoms with van der Waals surface area (Å²) in [6.07, 6.45) is 2.80. The number of nitrogens with one attached hydrogen (secondary N) is 2. The summed E-state index contributed by atoms with van der Waals surface area (Å²) in [7, 11) is 0. The third-order valence-corrected chi connectivity index (χ3v) is 6.15. The minimum atomic E-state index is -0.821. The van der Waals surface area contributed by atoms with Crippen molar-refractivity contribution in [1.29, 1.82) is 0 Å². The molecule has 0 radical (unpaired) electrons. The maximum Gasteiger partial charge on any atom is 0.329 e. The monoisotopic (exact) mass is 481 g/mol. The number of amides is 1. The quantitative estimate of drug-likeness (QED) is 0.520. The van der Waals surface area contributed by atoms with Crippen molar-refractivity contribution in [2.45, 2.75) is 45.2 Å². The number of likely N-dealkylation sites (tertiary alicyclic amines) is 1. The normalized spacial score (nSPS) is 16.7. The lowest BCUT2D eigenvalue weighted by molar-refractivity contribution is -0.122. The first-order chi connectivity index (χ1) is 15.2. The van der Waals surface area contributed by atoms with E-state index in [9.17, 15) is 19.2 Å². The predicted octanol–water partition coefficient (Wildman–Crippen LogP) is 2.51. The molecule has 0 spiro atoms. The van der Waals surface area contributed by atoms with E-state index in [-0.39, 0.29) is 30.4 Å². The summed E-state index contributed by atoms with van der Waals surface area (Å²) in [6.45, 7) is 2.47. The van der Waals surface area contributed by atoms with Crippen molar-refractivity contribution >= 4 is 46.4 Å². The zero-order valence-corrected chi connectivity index (χ0v) is 19.1. The average Bonchev–Trinajstić information content (AvgIpc) is 2.74. The number of carbonyl (C=O) groups excluding carboxylic acids is 2. The molecule has 1 amide bonds. The summed E-state index contributed by atoms with van der Waals surface area (Å²) in [4.78, 5) is 54.2. The number of hydrogen-bond donors (Lipinski definition) is 3. The van der Waals surface area contributed by atoms with Crippen molar-refractivity contribution in [3.63, 3.8) is 0 Å². The zero-order valence-electron chi connectivity index (χ0n) is 17.6. The van der Waals surface area contributed by atoms with Gasteiger partial charge < -0.3 is 11.1 Å². The molecule has 32 heavy (non-hydrogen) atoms. The molecule has 4 N–H and O–H groups in total. The van der Waals surface area contributed by atoms with Gasteiger partial charge in [-0.25, -0.2) is 4.79 Å². The molecule has 1 aromatic carbocycles. The number of hydrogen-bond acceptors (Lipinski definition) is 6. The van der Waals surface area contributed by atoms with Crippen molar-refractivity contribution in [2.75, 3.05) is 24.1 Å². The molecule has 1 atom stereocenters. The average molecular weight is 482 g/mol. The summed E-state index contributed by atoms with van der Waals surface area (Å²) >= 11 is 11.9. The topological polar surface area (TPSA) is 130 Å². The van der Waals surface area contributed by atoms with Crippen LogP contribution in [-0.2, 0) is 11.3 Å². The summed E-state index contributed by atoms with van der Waals surface area (Å²) in [6, 6.07) is 4.21. The Bertz CT molecular complexity index is 1140. The van der Waals surface area contributed by atoms with E-state index in [1.165, 1.54) is 4.57 Å². The Morgan fingerprint density at radius 3 is 2.66 bits per heavy atom. The van der Waals surface area contributed by atoms with Gasteiger partial charge >= 0.3 is 5.69 Å². The fourth-order valence-electron chi connectivity index (χ4n) is 3.84. The number of ketones is 1.